The van der Waals surface area contributed by atoms with Gasteiger partial charge < -0.3 is 5.32 Å². The Bertz CT molecular complexity index is 691. The quantitative estimate of drug-likeness (QED) is 0.690. The summed E-state index contributed by atoms with van der Waals surface area (Å²) in [4.78, 5) is 17.7. The van der Waals surface area contributed by atoms with Crippen molar-refractivity contribution in [3.63, 3.8) is 0 Å². The Kier molecular flexibility index (Phi) is 3.55. The van der Waals surface area contributed by atoms with Gasteiger partial charge in [-0.25, -0.2) is 18.7 Å². The van der Waals surface area contributed by atoms with Crippen molar-refractivity contribution in [1.82, 2.24) is 9.97 Å². The molecule has 0 radical (unpaired) electrons. The maximum Gasteiger partial charge on any atom is 0.314 e. The standard InChI is InChI=1S/C12H10F2N4O2/c1-6-3-4-7(13)9(10(6)14)11-8(18(19)20)5-16-12(15-2)17-11/h3-5H,1-2H3,(H,15,16,17). The molecule has 1 N–H and O–H groups in total. The zero-order valence-corrected chi connectivity index (χ0v) is 10.6. The van der Waals surface area contributed by atoms with Crippen LogP contribution in [-0.4, -0.2) is 21.9 Å². The van der Waals surface area contributed by atoms with Crippen molar-refractivity contribution in [2.75, 3.05) is 12.4 Å². The first-order valence-electron chi connectivity index (χ1n) is 5.60. The first-order chi connectivity index (χ1) is 9.45. The topological polar surface area (TPSA) is 81.0 Å². The maximum absolute atomic E-state index is 14.1. The molecule has 0 aliphatic carbocycles. The molecule has 6 nitrogen and oxygen atoms in total. The number of anilines is 1. The molecule has 0 saturated carbocycles. The van der Waals surface area contributed by atoms with Crippen molar-refractivity contribution in [3.8, 4) is 11.3 Å². The van der Waals surface area contributed by atoms with Crippen LogP contribution in [-0.2, 0) is 0 Å². The molecule has 104 valence electrons. The third kappa shape index (κ3) is 2.27. The molecule has 1 aromatic carbocycles. The summed E-state index contributed by atoms with van der Waals surface area (Å²) in [5.74, 6) is -1.77. The third-order valence-corrected chi connectivity index (χ3v) is 2.71. The number of aromatic nitrogens is 2. The van der Waals surface area contributed by atoms with E-state index in [9.17, 15) is 18.9 Å². The molecule has 0 aliphatic rings. The lowest BCUT2D eigenvalue weighted by atomic mass is 10.1. The van der Waals surface area contributed by atoms with Crippen LogP contribution in [0.15, 0.2) is 18.3 Å². The molecular formula is C12H10F2N4O2. The fourth-order valence-electron chi connectivity index (χ4n) is 1.69. The van der Waals surface area contributed by atoms with Crippen LogP contribution in [0.3, 0.4) is 0 Å². The smallest absolute Gasteiger partial charge is 0.314 e. The Labute approximate surface area is 112 Å². The molecule has 0 unspecified atom stereocenters. The molecule has 0 atom stereocenters. The van der Waals surface area contributed by atoms with E-state index in [0.717, 1.165) is 12.3 Å². The molecule has 0 bridgehead atoms. The molecule has 0 amide bonds. The highest BCUT2D eigenvalue weighted by atomic mass is 19.1. The summed E-state index contributed by atoms with van der Waals surface area (Å²) < 4.78 is 27.9. The molecule has 1 aromatic heterocycles. The number of nitro groups is 1. The second-order valence-corrected chi connectivity index (χ2v) is 3.99. The Hall–Kier alpha value is -2.64. The van der Waals surface area contributed by atoms with E-state index in [1.54, 1.807) is 0 Å². The Morgan fingerprint density at radius 3 is 2.65 bits per heavy atom. The summed E-state index contributed by atoms with van der Waals surface area (Å²) in [6, 6.07) is 2.29. The van der Waals surface area contributed by atoms with E-state index in [1.807, 2.05) is 0 Å². The van der Waals surface area contributed by atoms with Crippen molar-refractivity contribution in [1.29, 1.82) is 0 Å². The van der Waals surface area contributed by atoms with E-state index < -0.39 is 33.5 Å². The van der Waals surface area contributed by atoms with Gasteiger partial charge in [0.15, 0.2) is 5.69 Å². The zero-order chi connectivity index (χ0) is 14.9. The van der Waals surface area contributed by atoms with Crippen molar-refractivity contribution in [2.45, 2.75) is 6.92 Å². The van der Waals surface area contributed by atoms with Crippen LogP contribution >= 0.6 is 0 Å². The van der Waals surface area contributed by atoms with Gasteiger partial charge in [0.05, 0.1) is 10.5 Å². The molecular weight excluding hydrogens is 270 g/mol. The average molecular weight is 280 g/mol. The molecule has 0 spiro atoms. The van der Waals surface area contributed by atoms with Gasteiger partial charge in [-0.2, -0.15) is 0 Å². The van der Waals surface area contributed by atoms with E-state index in [-0.39, 0.29) is 11.5 Å². The molecule has 0 saturated heterocycles. The van der Waals surface area contributed by atoms with Crippen molar-refractivity contribution in [2.24, 2.45) is 0 Å². The van der Waals surface area contributed by atoms with Gasteiger partial charge in [0.25, 0.3) is 0 Å². The summed E-state index contributed by atoms with van der Waals surface area (Å²) in [7, 11) is 1.49. The molecule has 20 heavy (non-hydrogen) atoms. The summed E-state index contributed by atoms with van der Waals surface area (Å²) >= 11 is 0. The normalized spacial score (nSPS) is 10.4. The van der Waals surface area contributed by atoms with Gasteiger partial charge in [-0.05, 0) is 18.6 Å². The minimum atomic E-state index is -0.919. The number of halogens is 2. The Morgan fingerprint density at radius 2 is 2.05 bits per heavy atom. The highest BCUT2D eigenvalue weighted by molar-refractivity contribution is 5.71. The summed E-state index contributed by atoms with van der Waals surface area (Å²) in [6.07, 6.45) is 0.912. The van der Waals surface area contributed by atoms with Gasteiger partial charge in [0, 0.05) is 7.05 Å². The van der Waals surface area contributed by atoms with E-state index in [4.69, 9.17) is 0 Å². The first kappa shape index (κ1) is 13.8. The van der Waals surface area contributed by atoms with E-state index in [0.29, 0.717) is 0 Å². The lowest BCUT2D eigenvalue weighted by molar-refractivity contribution is -0.384. The number of rotatable bonds is 3. The van der Waals surface area contributed by atoms with E-state index >= 15 is 0 Å². The van der Waals surface area contributed by atoms with Crippen LogP contribution in [0, 0.1) is 28.7 Å². The van der Waals surface area contributed by atoms with Gasteiger partial charge in [-0.15, -0.1) is 0 Å². The second kappa shape index (κ2) is 5.16. The maximum atomic E-state index is 14.1. The van der Waals surface area contributed by atoms with Crippen molar-refractivity contribution < 1.29 is 13.7 Å². The largest absolute Gasteiger partial charge is 0.357 e. The van der Waals surface area contributed by atoms with Gasteiger partial charge in [-0.1, -0.05) is 6.07 Å². The predicted molar refractivity (Wildman–Crippen MR) is 68.3 cm³/mol. The summed E-state index contributed by atoms with van der Waals surface area (Å²) in [5, 5.41) is 13.5. The van der Waals surface area contributed by atoms with Crippen molar-refractivity contribution >= 4 is 11.6 Å². The monoisotopic (exact) mass is 280 g/mol. The zero-order valence-electron chi connectivity index (χ0n) is 10.6. The number of hydrogen-bond donors (Lipinski definition) is 1. The van der Waals surface area contributed by atoms with Crippen LogP contribution in [0.5, 0.6) is 0 Å². The average Bonchev–Trinajstić information content (AvgIpc) is 2.43. The van der Waals surface area contributed by atoms with Crippen LogP contribution in [0.2, 0.25) is 0 Å². The highest BCUT2D eigenvalue weighted by Gasteiger charge is 2.25. The summed E-state index contributed by atoms with van der Waals surface area (Å²) in [6.45, 7) is 1.43. The predicted octanol–water partition coefficient (Wildman–Crippen LogP) is 2.68. The second-order valence-electron chi connectivity index (χ2n) is 3.99. The fourth-order valence-corrected chi connectivity index (χ4v) is 1.69. The van der Waals surface area contributed by atoms with E-state index in [2.05, 4.69) is 15.3 Å². The SMILES string of the molecule is CNc1ncc([N+](=O)[O-])c(-c2c(F)ccc(C)c2F)n1. The van der Waals surface area contributed by atoms with Crippen LogP contribution in [0.4, 0.5) is 20.4 Å². The molecule has 2 rings (SSSR count). The Morgan fingerprint density at radius 1 is 1.35 bits per heavy atom. The minimum Gasteiger partial charge on any atom is -0.357 e. The third-order valence-electron chi connectivity index (χ3n) is 2.71. The molecule has 0 fully saturated rings. The van der Waals surface area contributed by atoms with Gasteiger partial charge in [0.1, 0.15) is 17.8 Å². The van der Waals surface area contributed by atoms with Gasteiger partial charge in [-0.3, -0.25) is 10.1 Å². The minimum absolute atomic E-state index is 0.0332. The number of nitrogens with zero attached hydrogens (tertiary/aromatic N) is 3. The van der Waals surface area contributed by atoms with Gasteiger partial charge in [0.2, 0.25) is 5.95 Å². The van der Waals surface area contributed by atoms with Crippen LogP contribution in [0.25, 0.3) is 11.3 Å². The number of nitrogens with one attached hydrogen (secondary N) is 1. The van der Waals surface area contributed by atoms with Crippen molar-refractivity contribution in [3.05, 3.63) is 45.6 Å². The van der Waals surface area contributed by atoms with Crippen LogP contribution < -0.4 is 5.32 Å². The summed E-state index contributed by atoms with van der Waals surface area (Å²) in [5.41, 5.74) is -1.32. The lowest BCUT2D eigenvalue weighted by Crippen LogP contribution is -2.04. The highest BCUT2D eigenvalue weighted by Crippen LogP contribution is 2.33. The fraction of sp³-hybridized carbons (Fsp3) is 0.167. The number of aryl methyl sites for hydroxylation is 1. The first-order valence-corrected chi connectivity index (χ1v) is 5.60. The van der Waals surface area contributed by atoms with E-state index in [1.165, 1.54) is 20.0 Å². The lowest BCUT2D eigenvalue weighted by Gasteiger charge is -2.08. The van der Waals surface area contributed by atoms with Gasteiger partial charge >= 0.3 is 5.69 Å². The Balaban J connectivity index is 2.80. The molecule has 0 aliphatic heterocycles. The van der Waals surface area contributed by atoms with Crippen LogP contribution in [0.1, 0.15) is 5.56 Å². The molecule has 2 aromatic rings. The molecule has 8 heteroatoms. The number of benzene rings is 1. The number of hydrogen-bond acceptors (Lipinski definition) is 5. The molecule has 1 heterocycles.